The summed E-state index contributed by atoms with van der Waals surface area (Å²) < 4.78 is 3.87. The van der Waals surface area contributed by atoms with Crippen LogP contribution >= 0.6 is 8.60 Å². The van der Waals surface area contributed by atoms with Crippen molar-refractivity contribution in [2.75, 3.05) is 0 Å². The molecule has 0 spiro atoms. The Bertz CT molecular complexity index is 20.9. The molecule has 0 aliphatic heterocycles. The Balaban J connectivity index is 2.54. The molecule has 0 aliphatic carbocycles. The molecule has 0 aromatic carbocycles. The second kappa shape index (κ2) is 3.25. The minimum atomic E-state index is -2.12. The molecule has 0 amide bonds. The Kier molecular flexibility index (Phi) is 3.93. The molecular weight excluding hydrogens is 276 g/mol. The molecular formula is H2AuO3P. The summed E-state index contributed by atoms with van der Waals surface area (Å²) in [7, 11) is -2.12. The molecule has 0 rings (SSSR count). The fourth-order valence-electron chi connectivity index (χ4n) is 0. The predicted molar refractivity (Wildman–Crippen MR) is 12.4 cm³/mol. The van der Waals surface area contributed by atoms with Gasteiger partial charge >= 0.3 is 42.9 Å². The first-order valence-corrected chi connectivity index (χ1v) is 2.76. The van der Waals surface area contributed by atoms with E-state index in [0.717, 1.165) is 0 Å². The van der Waals surface area contributed by atoms with Crippen molar-refractivity contribution in [3.05, 3.63) is 0 Å². The van der Waals surface area contributed by atoms with Crippen LogP contribution in [0.1, 0.15) is 0 Å². The first-order valence-electron chi connectivity index (χ1n) is 0.706. The third-order valence-electron chi connectivity index (χ3n) is 0.0492. The topological polar surface area (TPSA) is 49.7 Å². The fourth-order valence-corrected chi connectivity index (χ4v) is 0. The van der Waals surface area contributed by atoms with Crippen LogP contribution in [0, 0.1) is 0 Å². The Hall–Kier alpha value is 1.05. The average Bonchev–Trinajstić information content (AvgIpc) is 1.38. The van der Waals surface area contributed by atoms with Crippen LogP contribution in [-0.2, 0) is 24.5 Å². The third-order valence-corrected chi connectivity index (χ3v) is 1.21. The van der Waals surface area contributed by atoms with Crippen LogP contribution in [0.5, 0.6) is 0 Å². The fraction of sp³-hybridized carbons (Fsp3) is 0. The summed E-state index contributed by atoms with van der Waals surface area (Å²) in [5, 5.41) is 0. The molecule has 2 N–H and O–H groups in total. The summed E-state index contributed by atoms with van der Waals surface area (Å²) in [6.07, 6.45) is 0. The standard InChI is InChI=1S/Au.H2O3P/c;1-4(2)3/h;1-2H/q+1;-1. The monoisotopic (exact) mass is 278 g/mol. The van der Waals surface area contributed by atoms with Crippen molar-refractivity contribution < 1.29 is 34.3 Å². The first kappa shape index (κ1) is 6.05. The minimum absolute atomic E-state index is 1.56. The Morgan fingerprint density at radius 3 is 1.80 bits per heavy atom. The normalized spacial score (nSPS) is 9.80. The summed E-state index contributed by atoms with van der Waals surface area (Å²) in [6.45, 7) is 0. The summed E-state index contributed by atoms with van der Waals surface area (Å²) in [4.78, 5) is 15.5. The van der Waals surface area contributed by atoms with E-state index < -0.39 is 8.60 Å². The zero-order valence-corrected chi connectivity index (χ0v) is 5.11. The molecule has 0 aromatic heterocycles. The Labute approximate surface area is 43.4 Å². The van der Waals surface area contributed by atoms with Crippen molar-refractivity contribution in [3.8, 4) is 0 Å². The summed E-state index contributed by atoms with van der Waals surface area (Å²) in [6, 6.07) is 0. The van der Waals surface area contributed by atoms with Crippen molar-refractivity contribution in [2.45, 2.75) is 0 Å². The van der Waals surface area contributed by atoms with Gasteiger partial charge < -0.3 is 0 Å². The maximum absolute atomic E-state index is 7.75. The summed E-state index contributed by atoms with van der Waals surface area (Å²) in [5.74, 6) is 0. The number of hydrogen-bond acceptors (Lipinski definition) is 3. The molecule has 3 nitrogen and oxygen atoms in total. The van der Waals surface area contributed by atoms with E-state index >= 15 is 0 Å². The van der Waals surface area contributed by atoms with Crippen molar-refractivity contribution >= 4 is 8.60 Å². The van der Waals surface area contributed by atoms with Crippen molar-refractivity contribution in [2.24, 2.45) is 0 Å². The van der Waals surface area contributed by atoms with Gasteiger partial charge in [-0.3, -0.25) is 0 Å². The predicted octanol–water partition coefficient (Wildman–Crippen LogP) is -0.324. The molecule has 5 heavy (non-hydrogen) atoms. The van der Waals surface area contributed by atoms with E-state index in [1.165, 1.54) is 0 Å². The summed E-state index contributed by atoms with van der Waals surface area (Å²) >= 11 is 1.56. The van der Waals surface area contributed by atoms with Crippen LogP contribution in [-0.4, -0.2) is 9.79 Å². The molecule has 36 valence electrons. The van der Waals surface area contributed by atoms with Crippen molar-refractivity contribution in [1.82, 2.24) is 0 Å². The van der Waals surface area contributed by atoms with Gasteiger partial charge in [-0.15, -0.1) is 0 Å². The first-order chi connectivity index (χ1) is 2.27. The van der Waals surface area contributed by atoms with Crippen LogP contribution in [0.2, 0.25) is 0 Å². The van der Waals surface area contributed by atoms with Gasteiger partial charge in [-0.05, 0) is 0 Å². The van der Waals surface area contributed by atoms with E-state index in [1.54, 1.807) is 21.5 Å². The Morgan fingerprint density at radius 1 is 1.60 bits per heavy atom. The third kappa shape index (κ3) is 5.05. The molecule has 0 saturated heterocycles. The van der Waals surface area contributed by atoms with Gasteiger partial charge in [-0.2, -0.15) is 0 Å². The van der Waals surface area contributed by atoms with Crippen LogP contribution in [0.3, 0.4) is 0 Å². The zero-order valence-electron chi connectivity index (χ0n) is 2.05. The van der Waals surface area contributed by atoms with Gasteiger partial charge in [0.15, 0.2) is 0 Å². The van der Waals surface area contributed by atoms with E-state index in [0.29, 0.717) is 0 Å². The number of hydrogen-bond donors (Lipinski definition) is 2. The van der Waals surface area contributed by atoms with E-state index in [-0.39, 0.29) is 0 Å². The second-order valence-corrected chi connectivity index (χ2v) is 2.11. The van der Waals surface area contributed by atoms with E-state index in [9.17, 15) is 0 Å². The molecule has 0 unspecified atom stereocenters. The van der Waals surface area contributed by atoms with Crippen LogP contribution in [0.25, 0.3) is 0 Å². The van der Waals surface area contributed by atoms with Crippen molar-refractivity contribution in [1.29, 1.82) is 0 Å². The van der Waals surface area contributed by atoms with Gasteiger partial charge in [0.05, 0.1) is 0 Å². The maximum atomic E-state index is 7.75. The van der Waals surface area contributed by atoms with E-state index in [2.05, 4.69) is 3.03 Å². The molecule has 0 fully saturated rings. The van der Waals surface area contributed by atoms with Gasteiger partial charge in [0.25, 0.3) is 0 Å². The number of rotatable bonds is 1. The molecule has 5 heteroatoms. The average molecular weight is 278 g/mol. The van der Waals surface area contributed by atoms with E-state index in [4.69, 9.17) is 9.79 Å². The molecule has 0 aliphatic rings. The molecule has 0 saturated carbocycles. The second-order valence-electron chi connectivity index (χ2n) is 0.308. The molecule has 0 bridgehead atoms. The molecule has 0 aromatic rings. The molecule has 0 heterocycles. The Morgan fingerprint density at radius 2 is 1.80 bits per heavy atom. The van der Waals surface area contributed by atoms with Gasteiger partial charge in [-0.25, -0.2) is 0 Å². The van der Waals surface area contributed by atoms with Gasteiger partial charge in [0, 0.05) is 0 Å². The SMILES string of the molecule is OP(O)[O][Au]. The van der Waals surface area contributed by atoms with Crippen molar-refractivity contribution in [3.63, 3.8) is 0 Å². The van der Waals surface area contributed by atoms with E-state index in [1.807, 2.05) is 0 Å². The van der Waals surface area contributed by atoms with Gasteiger partial charge in [0.2, 0.25) is 0 Å². The van der Waals surface area contributed by atoms with Gasteiger partial charge in [-0.1, -0.05) is 0 Å². The molecule has 0 radical (unpaired) electrons. The van der Waals surface area contributed by atoms with Crippen LogP contribution in [0.15, 0.2) is 0 Å². The zero-order chi connectivity index (χ0) is 4.28. The van der Waals surface area contributed by atoms with Crippen LogP contribution in [0.4, 0.5) is 0 Å². The molecule has 0 atom stereocenters. The quantitative estimate of drug-likeness (QED) is 0.510. The van der Waals surface area contributed by atoms with Gasteiger partial charge in [0.1, 0.15) is 0 Å². The van der Waals surface area contributed by atoms with Crippen LogP contribution < -0.4 is 0 Å². The summed E-state index contributed by atoms with van der Waals surface area (Å²) in [5.41, 5.74) is 0.